The van der Waals surface area contributed by atoms with Gasteiger partial charge in [-0.15, -0.1) is 0 Å². The van der Waals surface area contributed by atoms with Gasteiger partial charge in [0.15, 0.2) is 0 Å². The summed E-state index contributed by atoms with van der Waals surface area (Å²) >= 11 is 0. The van der Waals surface area contributed by atoms with Crippen LogP contribution in [0, 0.1) is 17.0 Å². The van der Waals surface area contributed by atoms with E-state index in [2.05, 4.69) is 10.3 Å². The van der Waals surface area contributed by atoms with Gasteiger partial charge in [-0.3, -0.25) is 24.7 Å². The summed E-state index contributed by atoms with van der Waals surface area (Å²) < 4.78 is 39.5. The third kappa shape index (κ3) is 5.16. The second-order valence-corrected chi connectivity index (χ2v) is 7.18. The van der Waals surface area contributed by atoms with Gasteiger partial charge in [0.2, 0.25) is 5.91 Å². The molecule has 0 bridgehead atoms. The van der Waals surface area contributed by atoms with Gasteiger partial charge in [0, 0.05) is 25.6 Å². The van der Waals surface area contributed by atoms with Crippen LogP contribution in [0.5, 0.6) is 0 Å². The van der Waals surface area contributed by atoms with Gasteiger partial charge in [-0.05, 0) is 31.0 Å². The first-order valence-corrected chi connectivity index (χ1v) is 9.43. The molecular weight excluding hydrogens is 417 g/mol. The molecule has 1 saturated heterocycles. The Hall–Kier alpha value is -3.50. The Morgan fingerprint density at radius 2 is 2.10 bits per heavy atom. The predicted molar refractivity (Wildman–Crippen MR) is 103 cm³/mol. The van der Waals surface area contributed by atoms with Crippen molar-refractivity contribution < 1.29 is 27.7 Å². The molecule has 0 spiro atoms. The van der Waals surface area contributed by atoms with Crippen LogP contribution in [-0.4, -0.2) is 39.7 Å². The van der Waals surface area contributed by atoms with Gasteiger partial charge in [-0.1, -0.05) is 12.1 Å². The lowest BCUT2D eigenvalue weighted by Gasteiger charge is -2.26. The van der Waals surface area contributed by atoms with Crippen LogP contribution >= 0.6 is 0 Å². The third-order valence-corrected chi connectivity index (χ3v) is 5.02. The second kappa shape index (κ2) is 8.70. The molecule has 2 aromatic rings. The average molecular weight is 436 g/mol. The van der Waals surface area contributed by atoms with E-state index in [1.165, 1.54) is 24.0 Å². The van der Waals surface area contributed by atoms with Gasteiger partial charge in [0.25, 0.3) is 11.6 Å². The minimum Gasteiger partial charge on any atom is -0.343 e. The smallest absolute Gasteiger partial charge is 0.343 e. The molecule has 0 aliphatic carbocycles. The van der Waals surface area contributed by atoms with E-state index < -0.39 is 28.6 Å². The zero-order valence-corrected chi connectivity index (χ0v) is 16.5. The number of aryl methyl sites for hydroxylation is 1. The fourth-order valence-corrected chi connectivity index (χ4v) is 3.37. The van der Waals surface area contributed by atoms with E-state index in [4.69, 9.17) is 0 Å². The molecule has 1 aromatic heterocycles. The minimum atomic E-state index is -4.57. The largest absolute Gasteiger partial charge is 0.416 e. The lowest BCUT2D eigenvalue weighted by atomic mass is 10.0. The molecule has 1 aliphatic rings. The topological polar surface area (TPSA) is 105 Å². The van der Waals surface area contributed by atoms with E-state index in [1.54, 1.807) is 0 Å². The zero-order valence-electron chi connectivity index (χ0n) is 16.5. The van der Waals surface area contributed by atoms with Gasteiger partial charge >= 0.3 is 6.18 Å². The molecule has 1 aromatic carbocycles. The van der Waals surface area contributed by atoms with Crippen molar-refractivity contribution in [3.8, 4) is 0 Å². The number of carbonyl (C=O) groups excluding carboxylic acids is 2. The van der Waals surface area contributed by atoms with E-state index in [1.807, 2.05) is 0 Å². The zero-order chi connectivity index (χ0) is 22.8. The molecular formula is C20H19F3N4O4. The molecule has 2 amide bonds. The number of pyridine rings is 1. The summed E-state index contributed by atoms with van der Waals surface area (Å²) in [6.45, 7) is 1.90. The fraction of sp³-hybridized carbons (Fsp3) is 0.350. The van der Waals surface area contributed by atoms with Crippen molar-refractivity contribution in [1.29, 1.82) is 0 Å². The number of alkyl halides is 3. The van der Waals surface area contributed by atoms with Crippen molar-refractivity contribution in [2.24, 2.45) is 0 Å². The summed E-state index contributed by atoms with van der Waals surface area (Å²) in [7, 11) is 0. The van der Waals surface area contributed by atoms with Crippen molar-refractivity contribution in [3.05, 3.63) is 69.0 Å². The first kappa shape index (κ1) is 22.2. The normalized spacial score (nSPS) is 15.1. The molecule has 0 saturated carbocycles. The van der Waals surface area contributed by atoms with Gasteiger partial charge in [-0.25, -0.2) is 0 Å². The van der Waals surface area contributed by atoms with E-state index in [9.17, 15) is 32.9 Å². The molecule has 1 fully saturated rings. The van der Waals surface area contributed by atoms with Crippen molar-refractivity contribution in [2.45, 2.75) is 32.0 Å². The SMILES string of the molecule is Cc1ncc([N+](=O)[O-])cc1C(=O)NC(CN1CCCC1=O)c1cccc(C(F)(F)F)c1. The highest BCUT2D eigenvalue weighted by molar-refractivity contribution is 5.96. The first-order chi connectivity index (χ1) is 14.6. The number of nitrogens with zero attached hydrogens (tertiary/aromatic N) is 3. The molecule has 11 heteroatoms. The van der Waals surface area contributed by atoms with Gasteiger partial charge in [0.05, 0.1) is 27.8 Å². The third-order valence-electron chi connectivity index (χ3n) is 5.02. The fourth-order valence-electron chi connectivity index (χ4n) is 3.37. The predicted octanol–water partition coefficient (Wildman–Crippen LogP) is 3.41. The Morgan fingerprint density at radius 3 is 2.71 bits per heavy atom. The monoisotopic (exact) mass is 436 g/mol. The maximum atomic E-state index is 13.2. The Kier molecular flexibility index (Phi) is 6.23. The van der Waals surface area contributed by atoms with Crippen LogP contribution in [0.15, 0.2) is 36.5 Å². The number of amides is 2. The molecule has 2 heterocycles. The highest BCUT2D eigenvalue weighted by atomic mass is 19.4. The number of hydrogen-bond acceptors (Lipinski definition) is 5. The van der Waals surface area contributed by atoms with Crippen LogP contribution in [0.1, 0.15) is 46.1 Å². The first-order valence-electron chi connectivity index (χ1n) is 9.43. The lowest BCUT2D eigenvalue weighted by molar-refractivity contribution is -0.385. The second-order valence-electron chi connectivity index (χ2n) is 7.18. The lowest BCUT2D eigenvalue weighted by Crippen LogP contribution is -2.39. The maximum absolute atomic E-state index is 13.2. The quantitative estimate of drug-likeness (QED) is 0.552. The van der Waals surface area contributed by atoms with Crippen LogP contribution in [0.3, 0.4) is 0 Å². The van der Waals surface area contributed by atoms with Gasteiger partial charge < -0.3 is 10.2 Å². The Labute approximate surface area is 175 Å². The number of likely N-dealkylation sites (tertiary alicyclic amines) is 1. The molecule has 8 nitrogen and oxygen atoms in total. The number of carbonyl (C=O) groups is 2. The number of rotatable bonds is 6. The van der Waals surface area contributed by atoms with Crippen LogP contribution in [0.2, 0.25) is 0 Å². The van der Waals surface area contributed by atoms with E-state index in [0.717, 1.165) is 24.4 Å². The van der Waals surface area contributed by atoms with E-state index in [-0.39, 0.29) is 35.0 Å². The highest BCUT2D eigenvalue weighted by Crippen LogP contribution is 2.31. The molecule has 1 atom stereocenters. The summed E-state index contributed by atoms with van der Waals surface area (Å²) in [6.07, 6.45) is -2.61. The summed E-state index contributed by atoms with van der Waals surface area (Å²) in [6, 6.07) is 4.60. The van der Waals surface area contributed by atoms with Crippen molar-refractivity contribution >= 4 is 17.5 Å². The van der Waals surface area contributed by atoms with Crippen molar-refractivity contribution in [3.63, 3.8) is 0 Å². The molecule has 1 aliphatic heterocycles. The summed E-state index contributed by atoms with van der Waals surface area (Å²) in [5, 5.41) is 13.6. The Bertz CT molecular complexity index is 1030. The van der Waals surface area contributed by atoms with Crippen molar-refractivity contribution in [1.82, 2.24) is 15.2 Å². The number of aromatic nitrogens is 1. The standard InChI is InChI=1S/C20H19F3N4O4/c1-12-16(9-15(10-24-12)27(30)31)19(29)25-17(11-26-7-3-6-18(26)28)13-4-2-5-14(8-13)20(21,22)23/h2,4-5,8-10,17H,3,6-7,11H2,1H3,(H,25,29). The minimum absolute atomic E-state index is 0.0205. The van der Waals surface area contributed by atoms with Crippen LogP contribution in [0.25, 0.3) is 0 Å². The average Bonchev–Trinajstić information content (AvgIpc) is 3.11. The number of nitro groups is 1. The van der Waals surface area contributed by atoms with Crippen LogP contribution in [-0.2, 0) is 11.0 Å². The summed E-state index contributed by atoms with van der Waals surface area (Å²) in [4.78, 5) is 40.5. The molecule has 1 N–H and O–H groups in total. The van der Waals surface area contributed by atoms with Gasteiger partial charge in [0.1, 0.15) is 6.20 Å². The van der Waals surface area contributed by atoms with E-state index in [0.29, 0.717) is 19.4 Å². The van der Waals surface area contributed by atoms with E-state index >= 15 is 0 Å². The Balaban J connectivity index is 1.94. The number of nitrogens with one attached hydrogen (secondary N) is 1. The van der Waals surface area contributed by atoms with Crippen LogP contribution < -0.4 is 5.32 Å². The summed E-state index contributed by atoms with van der Waals surface area (Å²) in [5.41, 5.74) is -0.952. The molecule has 164 valence electrons. The Morgan fingerprint density at radius 1 is 1.35 bits per heavy atom. The van der Waals surface area contributed by atoms with Crippen molar-refractivity contribution in [2.75, 3.05) is 13.1 Å². The number of halogens is 3. The van der Waals surface area contributed by atoms with Crippen LogP contribution in [0.4, 0.5) is 18.9 Å². The number of benzene rings is 1. The molecule has 1 unspecified atom stereocenters. The highest BCUT2D eigenvalue weighted by Gasteiger charge is 2.32. The maximum Gasteiger partial charge on any atom is 0.416 e. The summed E-state index contributed by atoms with van der Waals surface area (Å²) in [5.74, 6) is -0.887. The molecule has 3 rings (SSSR count). The van der Waals surface area contributed by atoms with Gasteiger partial charge in [-0.2, -0.15) is 13.2 Å². The number of hydrogen-bond donors (Lipinski definition) is 1. The molecule has 0 radical (unpaired) electrons. The molecule has 31 heavy (non-hydrogen) atoms.